The number of fused-ring (bicyclic) bond motifs is 1. The topological polar surface area (TPSA) is 83.7 Å². The average molecular weight is 468 g/mol. The number of rotatable bonds is 5. The lowest BCUT2D eigenvalue weighted by Crippen LogP contribution is -2.42. The summed E-state index contributed by atoms with van der Waals surface area (Å²) in [6.07, 6.45) is 2.36. The number of carbonyl (C=O) groups is 3. The predicted molar refractivity (Wildman–Crippen MR) is 131 cm³/mol. The Morgan fingerprint density at radius 3 is 2.29 bits per heavy atom. The van der Waals surface area contributed by atoms with Crippen LogP contribution >= 0.6 is 0 Å². The zero-order chi connectivity index (χ0) is 23.9. The zero-order valence-corrected chi connectivity index (χ0v) is 19.3. The second-order valence-electron chi connectivity index (χ2n) is 9.25. The van der Waals surface area contributed by atoms with Gasteiger partial charge in [0.25, 0.3) is 11.8 Å². The Bertz CT molecular complexity index is 1380. The number of hydrogen-bond donors (Lipinski definition) is 0. The average Bonchev–Trinajstić information content (AvgIpc) is 3.33. The van der Waals surface area contributed by atoms with Gasteiger partial charge in [-0.1, -0.05) is 36.4 Å². The number of imide groups is 1. The van der Waals surface area contributed by atoms with Crippen LogP contribution in [0.5, 0.6) is 0 Å². The maximum absolute atomic E-state index is 13.0. The number of piperidine rings is 1. The number of likely N-dealkylation sites (tertiary alicyclic amines) is 1. The van der Waals surface area contributed by atoms with Crippen molar-refractivity contribution in [1.29, 1.82) is 0 Å². The second-order valence-corrected chi connectivity index (χ2v) is 9.25. The van der Waals surface area contributed by atoms with Gasteiger partial charge in [-0.3, -0.25) is 19.3 Å². The van der Waals surface area contributed by atoms with Crippen molar-refractivity contribution in [3.63, 3.8) is 0 Å². The summed E-state index contributed by atoms with van der Waals surface area (Å²) in [5.41, 5.74) is 2.75. The van der Waals surface area contributed by atoms with Gasteiger partial charge >= 0.3 is 0 Å². The summed E-state index contributed by atoms with van der Waals surface area (Å²) in [6.45, 7) is 1.53. The third-order valence-corrected chi connectivity index (χ3v) is 7.14. The van der Waals surface area contributed by atoms with Crippen molar-refractivity contribution >= 4 is 39.6 Å². The van der Waals surface area contributed by atoms with Crippen LogP contribution in [0, 0.1) is 0 Å². The minimum Gasteiger partial charge on any atom is -0.440 e. The molecule has 3 aromatic carbocycles. The van der Waals surface area contributed by atoms with Crippen molar-refractivity contribution < 1.29 is 18.8 Å². The first-order valence-corrected chi connectivity index (χ1v) is 12.1. The fraction of sp³-hybridized carbons (Fsp3) is 0.286. The molecule has 2 aliphatic rings. The highest BCUT2D eigenvalue weighted by Crippen LogP contribution is 2.31. The van der Waals surface area contributed by atoms with Crippen LogP contribution in [0.3, 0.4) is 0 Å². The lowest BCUT2D eigenvalue weighted by Gasteiger charge is -2.31. The fourth-order valence-corrected chi connectivity index (χ4v) is 5.27. The standard InChI is InChI=1S/C28H25N3O4/c32-24(30-16-13-19(14-17-30)26-29-22-10-1-2-11-23(22)35-26)12-5-15-31-27(33)20-8-3-6-18-7-4-9-21(25(18)20)28(31)34/h1-4,6-11,19H,5,12-17H2. The van der Waals surface area contributed by atoms with E-state index in [1.54, 1.807) is 12.1 Å². The van der Waals surface area contributed by atoms with Crippen LogP contribution in [0.1, 0.15) is 58.2 Å². The van der Waals surface area contributed by atoms with Crippen LogP contribution in [0.4, 0.5) is 0 Å². The van der Waals surface area contributed by atoms with Gasteiger partial charge in [0.05, 0.1) is 0 Å². The molecule has 3 amide bonds. The van der Waals surface area contributed by atoms with E-state index in [0.29, 0.717) is 37.1 Å². The molecule has 1 fully saturated rings. The summed E-state index contributed by atoms with van der Waals surface area (Å²) in [7, 11) is 0. The van der Waals surface area contributed by atoms with Crippen molar-refractivity contribution in [3.8, 4) is 0 Å². The predicted octanol–water partition coefficient (Wildman–Crippen LogP) is 4.76. The molecule has 0 radical (unpaired) electrons. The molecule has 6 rings (SSSR count). The van der Waals surface area contributed by atoms with Crippen LogP contribution in [-0.2, 0) is 4.79 Å². The number of aromatic nitrogens is 1. The monoisotopic (exact) mass is 467 g/mol. The number of nitrogens with zero attached hydrogens (tertiary/aromatic N) is 3. The Morgan fingerprint density at radius 2 is 1.60 bits per heavy atom. The van der Waals surface area contributed by atoms with Crippen LogP contribution < -0.4 is 0 Å². The highest BCUT2D eigenvalue weighted by molar-refractivity contribution is 6.25. The van der Waals surface area contributed by atoms with E-state index in [1.807, 2.05) is 53.4 Å². The summed E-state index contributed by atoms with van der Waals surface area (Å²) in [5, 5.41) is 1.61. The lowest BCUT2D eigenvalue weighted by molar-refractivity contribution is -0.132. The SMILES string of the molecule is O=C(CCCN1C(=O)c2cccc3cccc(c23)C1=O)N1CCC(c2nc3ccccc3o2)CC1. The van der Waals surface area contributed by atoms with Gasteiger partial charge in [0.1, 0.15) is 5.52 Å². The Balaban J connectivity index is 1.05. The molecular weight excluding hydrogens is 442 g/mol. The van der Waals surface area contributed by atoms with Crippen LogP contribution in [0.2, 0.25) is 0 Å². The number of oxazole rings is 1. The molecule has 0 aliphatic carbocycles. The summed E-state index contributed by atoms with van der Waals surface area (Å²) < 4.78 is 5.92. The highest BCUT2D eigenvalue weighted by Gasteiger charge is 2.33. The molecule has 0 spiro atoms. The van der Waals surface area contributed by atoms with Crippen molar-refractivity contribution in [2.45, 2.75) is 31.6 Å². The number of amides is 3. The van der Waals surface area contributed by atoms with Crippen molar-refractivity contribution in [1.82, 2.24) is 14.8 Å². The number of carbonyl (C=O) groups excluding carboxylic acids is 3. The Morgan fingerprint density at radius 1 is 0.914 bits per heavy atom. The number of hydrogen-bond acceptors (Lipinski definition) is 5. The lowest BCUT2D eigenvalue weighted by atomic mass is 9.94. The Labute approximate surface area is 202 Å². The van der Waals surface area contributed by atoms with Gasteiger partial charge < -0.3 is 9.32 Å². The van der Waals surface area contributed by atoms with E-state index >= 15 is 0 Å². The molecule has 7 nitrogen and oxygen atoms in total. The maximum Gasteiger partial charge on any atom is 0.261 e. The minimum absolute atomic E-state index is 0.0559. The molecule has 176 valence electrons. The molecule has 1 saturated heterocycles. The van der Waals surface area contributed by atoms with E-state index in [4.69, 9.17) is 4.42 Å². The van der Waals surface area contributed by atoms with Crippen LogP contribution in [0.25, 0.3) is 21.9 Å². The maximum atomic E-state index is 13.0. The van der Waals surface area contributed by atoms with Gasteiger partial charge in [-0.2, -0.15) is 0 Å². The van der Waals surface area contributed by atoms with Crippen molar-refractivity contribution in [2.24, 2.45) is 0 Å². The van der Waals surface area contributed by atoms with E-state index in [1.165, 1.54) is 4.90 Å². The summed E-state index contributed by atoms with van der Waals surface area (Å²) in [4.78, 5) is 46.6. The molecule has 3 heterocycles. The summed E-state index contributed by atoms with van der Waals surface area (Å²) in [5.74, 6) is 0.436. The molecule has 7 heteroatoms. The second kappa shape index (κ2) is 8.65. The van der Waals surface area contributed by atoms with Gasteiger partial charge in [-0.05, 0) is 48.9 Å². The molecule has 0 saturated carbocycles. The van der Waals surface area contributed by atoms with Gasteiger partial charge in [0.2, 0.25) is 5.91 Å². The first kappa shape index (κ1) is 21.5. The fourth-order valence-electron chi connectivity index (χ4n) is 5.27. The first-order chi connectivity index (χ1) is 17.1. The summed E-state index contributed by atoms with van der Waals surface area (Å²) in [6, 6.07) is 18.7. The highest BCUT2D eigenvalue weighted by atomic mass is 16.3. The smallest absolute Gasteiger partial charge is 0.261 e. The van der Waals surface area contributed by atoms with Crippen molar-refractivity contribution in [3.05, 3.63) is 77.7 Å². The van der Waals surface area contributed by atoms with Crippen molar-refractivity contribution in [2.75, 3.05) is 19.6 Å². The van der Waals surface area contributed by atoms with Gasteiger partial charge in [0.15, 0.2) is 11.5 Å². The van der Waals surface area contributed by atoms with Crippen LogP contribution in [0.15, 0.2) is 65.1 Å². The van der Waals surface area contributed by atoms with E-state index < -0.39 is 0 Å². The molecule has 0 unspecified atom stereocenters. The molecule has 4 aromatic rings. The molecule has 0 atom stereocenters. The minimum atomic E-state index is -0.286. The molecule has 2 aliphatic heterocycles. The Hall–Kier alpha value is -4.00. The van der Waals surface area contributed by atoms with Gasteiger partial charge in [-0.15, -0.1) is 0 Å². The molecular formula is C28H25N3O4. The normalized spacial score (nSPS) is 16.5. The number of para-hydroxylation sites is 2. The zero-order valence-electron chi connectivity index (χ0n) is 19.3. The first-order valence-electron chi connectivity index (χ1n) is 12.1. The third-order valence-electron chi connectivity index (χ3n) is 7.14. The third kappa shape index (κ3) is 3.77. The van der Waals surface area contributed by atoms with E-state index in [0.717, 1.165) is 40.6 Å². The largest absolute Gasteiger partial charge is 0.440 e. The number of benzene rings is 3. The van der Waals surface area contributed by atoms with E-state index in [9.17, 15) is 14.4 Å². The molecule has 0 bridgehead atoms. The Kier molecular flexibility index (Phi) is 5.32. The van der Waals surface area contributed by atoms with Gasteiger partial charge in [-0.25, -0.2) is 4.98 Å². The molecule has 0 N–H and O–H groups in total. The van der Waals surface area contributed by atoms with E-state index in [2.05, 4.69) is 4.98 Å². The van der Waals surface area contributed by atoms with E-state index in [-0.39, 0.29) is 30.2 Å². The molecule has 1 aromatic heterocycles. The quantitative estimate of drug-likeness (QED) is 0.395. The van der Waals surface area contributed by atoms with Gasteiger partial charge in [0, 0.05) is 48.5 Å². The molecule has 35 heavy (non-hydrogen) atoms. The summed E-state index contributed by atoms with van der Waals surface area (Å²) >= 11 is 0. The van der Waals surface area contributed by atoms with Crippen LogP contribution in [-0.4, -0.2) is 52.1 Å².